The Labute approximate surface area is 171 Å². The van der Waals surface area contributed by atoms with E-state index in [1.165, 1.54) is 16.7 Å². The molecule has 0 aliphatic carbocycles. The van der Waals surface area contributed by atoms with Gasteiger partial charge in [0.15, 0.2) is 0 Å². The Morgan fingerprint density at radius 1 is 1.07 bits per heavy atom. The van der Waals surface area contributed by atoms with Crippen molar-refractivity contribution in [2.24, 2.45) is 4.99 Å². The molecule has 0 radical (unpaired) electrons. The topological polar surface area (TPSA) is 54.4 Å². The highest BCUT2D eigenvalue weighted by atomic mass is 16.1. The maximum Gasteiger partial charge on any atom is 0.270 e. The number of amides is 1. The molecule has 29 heavy (non-hydrogen) atoms. The highest BCUT2D eigenvalue weighted by Crippen LogP contribution is 2.27. The number of carbonyl (C=O) groups excluding carboxylic acids is 1. The third-order valence-corrected chi connectivity index (χ3v) is 5.47. The zero-order chi connectivity index (χ0) is 20.4. The lowest BCUT2D eigenvalue weighted by Crippen LogP contribution is -2.28. The average Bonchev–Trinajstić information content (AvgIpc) is 3.12. The SMILES string of the molecule is CCC(NC(=O)c1cc(-c2ccc3c(c2)C(C)=NC3)ccn1)c1cccc(C)c1. The standard InChI is InChI=1S/C25H25N3O/c1-4-23(20-7-5-6-16(2)12-20)28-25(29)24-14-19(10-11-26-24)18-8-9-21-15-27-17(3)22(21)13-18/h5-14,23H,4,15H2,1-3H3,(H,28,29). The molecule has 1 aromatic heterocycles. The number of aliphatic imine (C=N–C) groups is 1. The van der Waals surface area contributed by atoms with E-state index in [1.807, 2.05) is 25.1 Å². The van der Waals surface area contributed by atoms with Crippen LogP contribution in [0.15, 0.2) is 65.8 Å². The lowest BCUT2D eigenvalue weighted by Gasteiger charge is -2.18. The van der Waals surface area contributed by atoms with E-state index < -0.39 is 0 Å². The molecule has 0 bridgehead atoms. The Kier molecular flexibility index (Phi) is 5.26. The van der Waals surface area contributed by atoms with Crippen LogP contribution < -0.4 is 5.32 Å². The summed E-state index contributed by atoms with van der Waals surface area (Å²) in [6, 6.07) is 18.4. The molecule has 2 heterocycles. The predicted octanol–water partition coefficient (Wildman–Crippen LogP) is 5.26. The van der Waals surface area contributed by atoms with E-state index in [4.69, 9.17) is 0 Å². The van der Waals surface area contributed by atoms with E-state index in [2.05, 4.69) is 65.5 Å². The fourth-order valence-corrected chi connectivity index (χ4v) is 3.79. The molecular formula is C25H25N3O. The second-order valence-electron chi connectivity index (χ2n) is 7.55. The maximum atomic E-state index is 12.9. The highest BCUT2D eigenvalue weighted by molar-refractivity contribution is 6.03. The van der Waals surface area contributed by atoms with E-state index in [0.717, 1.165) is 35.4 Å². The van der Waals surface area contributed by atoms with Crippen molar-refractivity contribution in [2.45, 2.75) is 39.8 Å². The second kappa shape index (κ2) is 8.00. The normalized spacial score (nSPS) is 13.6. The lowest BCUT2D eigenvalue weighted by molar-refractivity contribution is 0.0930. The summed E-state index contributed by atoms with van der Waals surface area (Å²) in [5.41, 5.74) is 8.30. The van der Waals surface area contributed by atoms with Crippen LogP contribution in [-0.4, -0.2) is 16.6 Å². The molecule has 4 rings (SSSR count). The molecule has 0 saturated heterocycles. The quantitative estimate of drug-likeness (QED) is 0.653. The fraction of sp³-hybridized carbons (Fsp3) is 0.240. The maximum absolute atomic E-state index is 12.9. The minimum absolute atomic E-state index is 0.0355. The van der Waals surface area contributed by atoms with E-state index >= 15 is 0 Å². The molecule has 3 aromatic rings. The van der Waals surface area contributed by atoms with Crippen molar-refractivity contribution in [3.63, 3.8) is 0 Å². The molecule has 0 fully saturated rings. The van der Waals surface area contributed by atoms with Crippen molar-refractivity contribution in [3.05, 3.63) is 88.7 Å². The third kappa shape index (κ3) is 3.97. The van der Waals surface area contributed by atoms with Crippen molar-refractivity contribution in [1.82, 2.24) is 10.3 Å². The van der Waals surface area contributed by atoms with Gasteiger partial charge in [0.25, 0.3) is 5.91 Å². The number of nitrogens with one attached hydrogen (secondary N) is 1. The number of benzene rings is 2. The average molecular weight is 383 g/mol. The van der Waals surface area contributed by atoms with Crippen LogP contribution in [0.1, 0.15) is 59.1 Å². The molecular weight excluding hydrogens is 358 g/mol. The summed E-state index contributed by atoms with van der Waals surface area (Å²) in [5, 5.41) is 3.13. The van der Waals surface area contributed by atoms with Gasteiger partial charge in [-0.3, -0.25) is 14.8 Å². The number of hydrogen-bond acceptors (Lipinski definition) is 3. The van der Waals surface area contributed by atoms with Gasteiger partial charge in [-0.15, -0.1) is 0 Å². The Balaban J connectivity index is 1.58. The Morgan fingerprint density at radius 3 is 2.69 bits per heavy atom. The van der Waals surface area contributed by atoms with Gasteiger partial charge in [-0.2, -0.15) is 0 Å². The molecule has 1 aliphatic heterocycles. The van der Waals surface area contributed by atoms with Crippen LogP contribution in [0.25, 0.3) is 11.1 Å². The van der Waals surface area contributed by atoms with Gasteiger partial charge in [-0.05, 0) is 60.7 Å². The molecule has 2 aromatic carbocycles. The number of hydrogen-bond donors (Lipinski definition) is 1. The summed E-state index contributed by atoms with van der Waals surface area (Å²) in [6.07, 6.45) is 2.52. The fourth-order valence-electron chi connectivity index (χ4n) is 3.79. The monoisotopic (exact) mass is 383 g/mol. The van der Waals surface area contributed by atoms with Gasteiger partial charge in [0.05, 0.1) is 12.6 Å². The van der Waals surface area contributed by atoms with Crippen LogP contribution >= 0.6 is 0 Å². The Morgan fingerprint density at radius 2 is 1.90 bits per heavy atom. The van der Waals surface area contributed by atoms with E-state index in [1.54, 1.807) is 6.20 Å². The Hall–Kier alpha value is -3.27. The number of nitrogens with zero attached hydrogens (tertiary/aromatic N) is 2. The summed E-state index contributed by atoms with van der Waals surface area (Å²) >= 11 is 0. The largest absolute Gasteiger partial charge is 0.344 e. The van der Waals surface area contributed by atoms with Crippen LogP contribution in [0.4, 0.5) is 0 Å². The first-order valence-electron chi connectivity index (χ1n) is 10.0. The summed E-state index contributed by atoms with van der Waals surface area (Å²) < 4.78 is 0. The molecule has 4 nitrogen and oxygen atoms in total. The number of aryl methyl sites for hydroxylation is 1. The molecule has 146 valence electrons. The summed E-state index contributed by atoms with van der Waals surface area (Å²) in [6.45, 7) is 6.93. The van der Waals surface area contributed by atoms with Gasteiger partial charge in [0, 0.05) is 17.5 Å². The van der Waals surface area contributed by atoms with Crippen LogP contribution in [0.2, 0.25) is 0 Å². The van der Waals surface area contributed by atoms with Gasteiger partial charge in [0.1, 0.15) is 5.69 Å². The molecule has 1 amide bonds. The predicted molar refractivity (Wildman–Crippen MR) is 117 cm³/mol. The first-order valence-corrected chi connectivity index (χ1v) is 10.0. The zero-order valence-electron chi connectivity index (χ0n) is 17.1. The van der Waals surface area contributed by atoms with Crippen LogP contribution in [0.5, 0.6) is 0 Å². The molecule has 1 unspecified atom stereocenters. The summed E-state index contributed by atoms with van der Waals surface area (Å²) in [7, 11) is 0. The summed E-state index contributed by atoms with van der Waals surface area (Å²) in [5.74, 6) is -0.154. The number of carbonyl (C=O) groups is 1. The molecule has 4 heteroatoms. The van der Waals surface area contributed by atoms with E-state index in [-0.39, 0.29) is 11.9 Å². The van der Waals surface area contributed by atoms with Crippen molar-refractivity contribution >= 4 is 11.6 Å². The molecule has 1 atom stereocenters. The van der Waals surface area contributed by atoms with Crippen LogP contribution in [-0.2, 0) is 6.54 Å². The number of pyridine rings is 1. The van der Waals surface area contributed by atoms with E-state index in [0.29, 0.717) is 5.69 Å². The minimum Gasteiger partial charge on any atom is -0.344 e. The van der Waals surface area contributed by atoms with Gasteiger partial charge in [0.2, 0.25) is 0 Å². The third-order valence-electron chi connectivity index (χ3n) is 5.47. The molecule has 0 saturated carbocycles. The van der Waals surface area contributed by atoms with Gasteiger partial charge in [-0.1, -0.05) is 48.9 Å². The number of fused-ring (bicyclic) bond motifs is 1. The minimum atomic E-state index is -0.154. The molecule has 1 N–H and O–H groups in total. The van der Waals surface area contributed by atoms with Crippen molar-refractivity contribution in [1.29, 1.82) is 0 Å². The van der Waals surface area contributed by atoms with Crippen molar-refractivity contribution in [3.8, 4) is 11.1 Å². The lowest BCUT2D eigenvalue weighted by atomic mass is 9.98. The first kappa shape index (κ1) is 19.1. The molecule has 0 spiro atoms. The van der Waals surface area contributed by atoms with Gasteiger partial charge >= 0.3 is 0 Å². The second-order valence-corrected chi connectivity index (χ2v) is 7.55. The van der Waals surface area contributed by atoms with Gasteiger partial charge in [-0.25, -0.2) is 0 Å². The van der Waals surface area contributed by atoms with Gasteiger partial charge < -0.3 is 5.32 Å². The highest BCUT2D eigenvalue weighted by Gasteiger charge is 2.17. The summed E-state index contributed by atoms with van der Waals surface area (Å²) in [4.78, 5) is 21.7. The number of aromatic nitrogens is 1. The zero-order valence-corrected chi connectivity index (χ0v) is 17.1. The van der Waals surface area contributed by atoms with E-state index in [9.17, 15) is 4.79 Å². The Bertz CT molecular complexity index is 1100. The number of rotatable bonds is 5. The van der Waals surface area contributed by atoms with Crippen molar-refractivity contribution in [2.75, 3.05) is 0 Å². The van der Waals surface area contributed by atoms with Crippen LogP contribution in [0, 0.1) is 6.92 Å². The smallest absolute Gasteiger partial charge is 0.270 e. The first-order chi connectivity index (χ1) is 14.0. The van der Waals surface area contributed by atoms with Crippen molar-refractivity contribution < 1.29 is 4.79 Å². The molecule has 1 aliphatic rings. The van der Waals surface area contributed by atoms with Crippen LogP contribution in [0.3, 0.4) is 0 Å².